The molecule has 1 heterocycles. The van der Waals surface area contributed by atoms with Crippen molar-refractivity contribution in [1.82, 2.24) is 10.3 Å². The highest BCUT2D eigenvalue weighted by Crippen LogP contribution is 2.24. The molecule has 0 saturated heterocycles. The maximum Gasteiger partial charge on any atom is 0.138 e. The molecule has 1 aromatic carbocycles. The molecule has 0 unspecified atom stereocenters. The van der Waals surface area contributed by atoms with Crippen molar-refractivity contribution in [1.29, 1.82) is 0 Å². The van der Waals surface area contributed by atoms with Gasteiger partial charge in [0.05, 0.1) is 12.8 Å². The van der Waals surface area contributed by atoms with Crippen LogP contribution in [0.3, 0.4) is 0 Å². The van der Waals surface area contributed by atoms with Crippen molar-refractivity contribution < 1.29 is 4.74 Å². The molecule has 0 radical (unpaired) electrons. The van der Waals surface area contributed by atoms with Crippen LogP contribution in [0.5, 0.6) is 5.75 Å². The Kier molecular flexibility index (Phi) is 3.97. The Morgan fingerprint density at radius 3 is 2.90 bits per heavy atom. The molecule has 1 aromatic heterocycles. The Labute approximate surface area is 120 Å². The first-order valence-electron chi connectivity index (χ1n) is 7.25. The van der Waals surface area contributed by atoms with Crippen LogP contribution in [0.2, 0.25) is 0 Å². The molecule has 1 fully saturated rings. The summed E-state index contributed by atoms with van der Waals surface area (Å²) in [6, 6.07) is 11.4. The Bertz CT molecular complexity index is 579. The van der Waals surface area contributed by atoms with E-state index in [1.807, 2.05) is 19.2 Å². The molecule has 0 amide bonds. The van der Waals surface area contributed by atoms with Crippen molar-refractivity contribution in [3.8, 4) is 16.9 Å². The highest BCUT2D eigenvalue weighted by atomic mass is 16.5. The van der Waals surface area contributed by atoms with Crippen molar-refractivity contribution >= 4 is 0 Å². The summed E-state index contributed by atoms with van der Waals surface area (Å²) in [5.41, 5.74) is 3.61. The first-order valence-corrected chi connectivity index (χ1v) is 7.25. The molecule has 104 valence electrons. The van der Waals surface area contributed by atoms with Gasteiger partial charge in [-0.15, -0.1) is 0 Å². The molecule has 1 N–H and O–H groups in total. The number of aromatic nitrogens is 1. The molecule has 0 spiro atoms. The van der Waals surface area contributed by atoms with Crippen molar-refractivity contribution in [3.63, 3.8) is 0 Å². The SMILES string of the molecule is CCOc1cncc(-c2cccc(CNC3CC3)c2)c1. The number of nitrogens with zero attached hydrogens (tertiary/aromatic N) is 1. The van der Waals surface area contributed by atoms with E-state index in [-0.39, 0.29) is 0 Å². The number of nitrogens with one attached hydrogen (secondary N) is 1. The maximum absolute atomic E-state index is 5.51. The summed E-state index contributed by atoms with van der Waals surface area (Å²) < 4.78 is 5.51. The van der Waals surface area contributed by atoms with E-state index in [1.54, 1.807) is 6.20 Å². The molecule has 0 atom stereocenters. The first-order chi connectivity index (χ1) is 9.85. The molecular formula is C17H20N2O. The fourth-order valence-electron chi connectivity index (χ4n) is 2.23. The summed E-state index contributed by atoms with van der Waals surface area (Å²) >= 11 is 0. The van der Waals surface area contributed by atoms with Crippen LogP contribution in [0.15, 0.2) is 42.7 Å². The van der Waals surface area contributed by atoms with Gasteiger partial charge in [0.15, 0.2) is 0 Å². The lowest BCUT2D eigenvalue weighted by molar-refractivity contribution is 0.339. The molecule has 1 aliphatic carbocycles. The van der Waals surface area contributed by atoms with E-state index < -0.39 is 0 Å². The first kappa shape index (κ1) is 13.1. The van der Waals surface area contributed by atoms with Crippen molar-refractivity contribution in [2.75, 3.05) is 6.61 Å². The molecule has 1 aliphatic rings. The predicted molar refractivity (Wildman–Crippen MR) is 80.7 cm³/mol. The van der Waals surface area contributed by atoms with E-state index in [0.717, 1.165) is 23.9 Å². The average Bonchev–Trinajstić information content (AvgIpc) is 3.30. The molecule has 2 aromatic rings. The van der Waals surface area contributed by atoms with Gasteiger partial charge >= 0.3 is 0 Å². The van der Waals surface area contributed by atoms with E-state index in [0.29, 0.717) is 6.61 Å². The fourth-order valence-corrected chi connectivity index (χ4v) is 2.23. The lowest BCUT2D eigenvalue weighted by atomic mass is 10.0. The lowest BCUT2D eigenvalue weighted by Crippen LogP contribution is -2.15. The van der Waals surface area contributed by atoms with Crippen molar-refractivity contribution in [2.24, 2.45) is 0 Å². The minimum absolute atomic E-state index is 0.663. The van der Waals surface area contributed by atoms with E-state index >= 15 is 0 Å². The Hall–Kier alpha value is -1.87. The Morgan fingerprint density at radius 1 is 1.20 bits per heavy atom. The number of ether oxygens (including phenoxy) is 1. The van der Waals surface area contributed by atoms with Gasteiger partial charge in [-0.2, -0.15) is 0 Å². The minimum Gasteiger partial charge on any atom is -0.492 e. The highest BCUT2D eigenvalue weighted by molar-refractivity contribution is 5.64. The molecule has 20 heavy (non-hydrogen) atoms. The van der Waals surface area contributed by atoms with Crippen LogP contribution in [0, 0.1) is 0 Å². The smallest absolute Gasteiger partial charge is 0.138 e. The zero-order valence-corrected chi connectivity index (χ0v) is 11.8. The van der Waals surface area contributed by atoms with Gasteiger partial charge in [0.25, 0.3) is 0 Å². The standard InChI is InChI=1S/C17H20N2O/c1-2-20-17-9-15(11-18-12-17)14-5-3-4-13(8-14)10-19-16-6-7-16/h3-5,8-9,11-12,16,19H,2,6-7,10H2,1H3. The second-order valence-electron chi connectivity index (χ2n) is 5.20. The van der Waals surface area contributed by atoms with Crippen LogP contribution in [-0.4, -0.2) is 17.6 Å². The van der Waals surface area contributed by atoms with Gasteiger partial charge in [0, 0.05) is 24.3 Å². The van der Waals surface area contributed by atoms with E-state index in [2.05, 4.69) is 34.6 Å². The monoisotopic (exact) mass is 268 g/mol. The third kappa shape index (κ3) is 3.36. The zero-order valence-electron chi connectivity index (χ0n) is 11.8. The van der Waals surface area contributed by atoms with Crippen LogP contribution in [0.25, 0.3) is 11.1 Å². The van der Waals surface area contributed by atoms with Gasteiger partial charge in [-0.1, -0.05) is 18.2 Å². The summed E-state index contributed by atoms with van der Waals surface area (Å²) in [4.78, 5) is 4.25. The van der Waals surface area contributed by atoms with Gasteiger partial charge in [-0.3, -0.25) is 4.98 Å². The minimum atomic E-state index is 0.663. The van der Waals surface area contributed by atoms with Gasteiger partial charge in [0.2, 0.25) is 0 Å². The van der Waals surface area contributed by atoms with Gasteiger partial charge in [-0.05, 0) is 43.0 Å². The number of pyridine rings is 1. The molecule has 3 rings (SSSR count). The Morgan fingerprint density at radius 2 is 2.10 bits per heavy atom. The summed E-state index contributed by atoms with van der Waals surface area (Å²) in [6.45, 7) is 3.59. The van der Waals surface area contributed by atoms with E-state index in [9.17, 15) is 0 Å². The molecule has 0 bridgehead atoms. The van der Waals surface area contributed by atoms with Crippen LogP contribution in [0.4, 0.5) is 0 Å². The Balaban J connectivity index is 1.77. The van der Waals surface area contributed by atoms with Crippen LogP contribution in [0.1, 0.15) is 25.3 Å². The molecule has 1 saturated carbocycles. The lowest BCUT2D eigenvalue weighted by Gasteiger charge is -2.08. The van der Waals surface area contributed by atoms with Crippen molar-refractivity contribution in [2.45, 2.75) is 32.4 Å². The maximum atomic E-state index is 5.51. The van der Waals surface area contributed by atoms with Crippen molar-refractivity contribution in [3.05, 3.63) is 48.3 Å². The summed E-state index contributed by atoms with van der Waals surface area (Å²) in [7, 11) is 0. The number of rotatable bonds is 6. The second kappa shape index (κ2) is 6.06. The molecule has 3 nitrogen and oxygen atoms in total. The third-order valence-electron chi connectivity index (χ3n) is 3.46. The third-order valence-corrected chi connectivity index (χ3v) is 3.46. The summed E-state index contributed by atoms with van der Waals surface area (Å²) in [5.74, 6) is 0.825. The number of hydrogen-bond donors (Lipinski definition) is 1. The van der Waals surface area contributed by atoms with E-state index in [1.165, 1.54) is 24.0 Å². The molecule has 3 heteroatoms. The predicted octanol–water partition coefficient (Wildman–Crippen LogP) is 3.40. The summed E-state index contributed by atoms with van der Waals surface area (Å²) in [6.07, 6.45) is 6.28. The van der Waals surface area contributed by atoms with Gasteiger partial charge < -0.3 is 10.1 Å². The van der Waals surface area contributed by atoms with E-state index in [4.69, 9.17) is 4.74 Å². The fraction of sp³-hybridized carbons (Fsp3) is 0.353. The molecule has 0 aliphatic heterocycles. The molecular weight excluding hydrogens is 248 g/mol. The van der Waals surface area contributed by atoms with Crippen LogP contribution < -0.4 is 10.1 Å². The van der Waals surface area contributed by atoms with Gasteiger partial charge in [0.1, 0.15) is 5.75 Å². The largest absolute Gasteiger partial charge is 0.492 e. The van der Waals surface area contributed by atoms with Gasteiger partial charge in [-0.25, -0.2) is 0 Å². The quantitative estimate of drug-likeness (QED) is 0.872. The topological polar surface area (TPSA) is 34.1 Å². The zero-order chi connectivity index (χ0) is 13.8. The van der Waals surface area contributed by atoms with Crippen LogP contribution >= 0.6 is 0 Å². The van der Waals surface area contributed by atoms with Crippen LogP contribution in [-0.2, 0) is 6.54 Å². The normalized spacial score (nSPS) is 14.2. The second-order valence-corrected chi connectivity index (χ2v) is 5.20. The number of benzene rings is 1. The summed E-state index contributed by atoms with van der Waals surface area (Å²) in [5, 5.41) is 3.54. The average molecular weight is 268 g/mol. The highest BCUT2D eigenvalue weighted by Gasteiger charge is 2.19. The number of hydrogen-bond acceptors (Lipinski definition) is 3.